The summed E-state index contributed by atoms with van der Waals surface area (Å²) >= 11 is 0. The number of hydrogen-bond donors (Lipinski definition) is 2. The molecule has 0 unspecified atom stereocenters. The van der Waals surface area contributed by atoms with Crippen LogP contribution in [0.1, 0.15) is 19.8 Å². The van der Waals surface area contributed by atoms with Gasteiger partial charge in [-0.3, -0.25) is 4.79 Å². The molecule has 0 saturated heterocycles. The van der Waals surface area contributed by atoms with E-state index in [0.29, 0.717) is 31.2 Å². The first-order valence-electron chi connectivity index (χ1n) is 5.62. The van der Waals surface area contributed by atoms with Crippen LogP contribution in [-0.2, 0) is 9.53 Å². The number of anilines is 2. The number of carbonyl (C=O) groups is 1. The SMILES string of the molecule is CCCC(=O)Nc1ccc(NCCOC)nn1. The molecule has 0 aromatic carbocycles. The van der Waals surface area contributed by atoms with E-state index in [2.05, 4.69) is 20.8 Å². The average molecular weight is 238 g/mol. The van der Waals surface area contributed by atoms with E-state index in [-0.39, 0.29) is 5.91 Å². The number of carbonyl (C=O) groups excluding carboxylic acids is 1. The van der Waals surface area contributed by atoms with Crippen LogP contribution in [-0.4, -0.2) is 36.4 Å². The topological polar surface area (TPSA) is 76.1 Å². The van der Waals surface area contributed by atoms with Crippen LogP contribution in [0.4, 0.5) is 11.6 Å². The maximum absolute atomic E-state index is 11.3. The second-order valence-corrected chi connectivity index (χ2v) is 3.52. The molecule has 6 nitrogen and oxygen atoms in total. The van der Waals surface area contributed by atoms with Crippen LogP contribution in [0, 0.1) is 0 Å². The summed E-state index contributed by atoms with van der Waals surface area (Å²) in [7, 11) is 1.64. The largest absolute Gasteiger partial charge is 0.383 e. The van der Waals surface area contributed by atoms with Gasteiger partial charge in [0, 0.05) is 20.1 Å². The zero-order valence-electron chi connectivity index (χ0n) is 10.2. The monoisotopic (exact) mass is 238 g/mol. The van der Waals surface area contributed by atoms with Crippen LogP contribution in [0.2, 0.25) is 0 Å². The lowest BCUT2D eigenvalue weighted by Crippen LogP contribution is -2.13. The van der Waals surface area contributed by atoms with Crippen molar-refractivity contribution in [2.45, 2.75) is 19.8 Å². The Morgan fingerprint density at radius 2 is 2.06 bits per heavy atom. The highest BCUT2D eigenvalue weighted by Gasteiger charge is 2.02. The van der Waals surface area contributed by atoms with Crippen molar-refractivity contribution in [3.63, 3.8) is 0 Å². The molecule has 0 fully saturated rings. The highest BCUT2D eigenvalue weighted by Crippen LogP contribution is 2.06. The molecular formula is C11H18N4O2. The van der Waals surface area contributed by atoms with E-state index in [0.717, 1.165) is 6.42 Å². The predicted molar refractivity (Wildman–Crippen MR) is 65.9 cm³/mol. The van der Waals surface area contributed by atoms with Crippen LogP contribution in [0.25, 0.3) is 0 Å². The van der Waals surface area contributed by atoms with Gasteiger partial charge in [-0.1, -0.05) is 6.92 Å². The van der Waals surface area contributed by atoms with Gasteiger partial charge in [0.05, 0.1) is 6.61 Å². The number of amides is 1. The van der Waals surface area contributed by atoms with Gasteiger partial charge in [-0.2, -0.15) is 0 Å². The Balaban J connectivity index is 2.41. The summed E-state index contributed by atoms with van der Waals surface area (Å²) in [6, 6.07) is 3.49. The van der Waals surface area contributed by atoms with Crippen molar-refractivity contribution in [1.82, 2.24) is 10.2 Å². The van der Waals surface area contributed by atoms with Gasteiger partial charge in [-0.25, -0.2) is 0 Å². The molecule has 0 spiro atoms. The van der Waals surface area contributed by atoms with Gasteiger partial charge in [0.1, 0.15) is 5.82 Å². The fraction of sp³-hybridized carbons (Fsp3) is 0.545. The zero-order valence-corrected chi connectivity index (χ0v) is 10.2. The Morgan fingerprint density at radius 3 is 2.65 bits per heavy atom. The van der Waals surface area contributed by atoms with Crippen LogP contribution >= 0.6 is 0 Å². The molecule has 1 aromatic heterocycles. The molecule has 2 N–H and O–H groups in total. The molecule has 1 rings (SSSR count). The Kier molecular flexibility index (Phi) is 5.95. The van der Waals surface area contributed by atoms with Gasteiger partial charge in [0.2, 0.25) is 5.91 Å². The second kappa shape index (κ2) is 7.56. The van der Waals surface area contributed by atoms with Gasteiger partial charge >= 0.3 is 0 Å². The van der Waals surface area contributed by atoms with Crippen molar-refractivity contribution in [2.75, 3.05) is 30.9 Å². The first kappa shape index (κ1) is 13.4. The third kappa shape index (κ3) is 5.26. The van der Waals surface area contributed by atoms with E-state index in [1.165, 1.54) is 0 Å². The molecule has 0 aliphatic rings. The molecular weight excluding hydrogens is 220 g/mol. The Bertz CT molecular complexity index is 340. The lowest BCUT2D eigenvalue weighted by molar-refractivity contribution is -0.116. The van der Waals surface area contributed by atoms with Crippen LogP contribution in [0.3, 0.4) is 0 Å². The van der Waals surface area contributed by atoms with E-state index < -0.39 is 0 Å². The minimum absolute atomic E-state index is 0.0399. The summed E-state index contributed by atoms with van der Waals surface area (Å²) in [6.07, 6.45) is 1.31. The quantitative estimate of drug-likeness (QED) is 0.700. The van der Waals surface area contributed by atoms with E-state index in [1.54, 1.807) is 19.2 Å². The summed E-state index contributed by atoms with van der Waals surface area (Å²) in [5.41, 5.74) is 0. The van der Waals surface area contributed by atoms with E-state index in [4.69, 9.17) is 4.74 Å². The van der Waals surface area contributed by atoms with Crippen molar-refractivity contribution in [3.05, 3.63) is 12.1 Å². The molecule has 0 radical (unpaired) electrons. The minimum Gasteiger partial charge on any atom is -0.383 e. The van der Waals surface area contributed by atoms with E-state index >= 15 is 0 Å². The summed E-state index contributed by atoms with van der Waals surface area (Å²) in [5.74, 6) is 1.10. The minimum atomic E-state index is -0.0399. The van der Waals surface area contributed by atoms with Crippen LogP contribution < -0.4 is 10.6 Å². The highest BCUT2D eigenvalue weighted by molar-refractivity contribution is 5.89. The molecule has 0 bridgehead atoms. The average Bonchev–Trinajstić information content (AvgIpc) is 2.32. The lowest BCUT2D eigenvalue weighted by atomic mass is 10.3. The van der Waals surface area contributed by atoms with Crippen molar-refractivity contribution < 1.29 is 9.53 Å². The number of rotatable bonds is 7. The van der Waals surface area contributed by atoms with Crippen molar-refractivity contribution in [2.24, 2.45) is 0 Å². The van der Waals surface area contributed by atoms with Gasteiger partial charge in [-0.15, -0.1) is 10.2 Å². The van der Waals surface area contributed by atoms with E-state index in [1.807, 2.05) is 6.92 Å². The Hall–Kier alpha value is -1.69. The lowest BCUT2D eigenvalue weighted by Gasteiger charge is -2.05. The summed E-state index contributed by atoms with van der Waals surface area (Å²) in [4.78, 5) is 11.3. The fourth-order valence-corrected chi connectivity index (χ4v) is 1.21. The second-order valence-electron chi connectivity index (χ2n) is 3.52. The molecule has 0 atom stereocenters. The van der Waals surface area contributed by atoms with Crippen molar-refractivity contribution >= 4 is 17.5 Å². The highest BCUT2D eigenvalue weighted by atomic mass is 16.5. The molecule has 17 heavy (non-hydrogen) atoms. The molecule has 94 valence electrons. The van der Waals surface area contributed by atoms with Gasteiger partial charge < -0.3 is 15.4 Å². The number of aromatic nitrogens is 2. The number of methoxy groups -OCH3 is 1. The smallest absolute Gasteiger partial charge is 0.225 e. The molecule has 0 aliphatic heterocycles. The number of nitrogens with one attached hydrogen (secondary N) is 2. The molecule has 1 amide bonds. The summed E-state index contributed by atoms with van der Waals surface area (Å²) < 4.78 is 4.90. The maximum atomic E-state index is 11.3. The number of nitrogens with zero attached hydrogens (tertiary/aromatic N) is 2. The third-order valence-electron chi connectivity index (χ3n) is 2.02. The Morgan fingerprint density at radius 1 is 1.35 bits per heavy atom. The summed E-state index contributed by atoms with van der Waals surface area (Å²) in [6.45, 7) is 3.23. The van der Waals surface area contributed by atoms with Gasteiger partial charge in [0.15, 0.2) is 5.82 Å². The van der Waals surface area contributed by atoms with E-state index in [9.17, 15) is 4.79 Å². The molecule has 0 saturated carbocycles. The zero-order chi connectivity index (χ0) is 12.5. The van der Waals surface area contributed by atoms with Crippen LogP contribution in [0.5, 0.6) is 0 Å². The molecule has 1 heterocycles. The third-order valence-corrected chi connectivity index (χ3v) is 2.02. The molecule has 0 aliphatic carbocycles. The predicted octanol–water partition coefficient (Wildman–Crippen LogP) is 1.27. The van der Waals surface area contributed by atoms with Gasteiger partial charge in [0.25, 0.3) is 0 Å². The normalized spacial score (nSPS) is 10.0. The Labute approximate surface area is 101 Å². The summed E-state index contributed by atoms with van der Waals surface area (Å²) in [5, 5.41) is 13.5. The fourth-order valence-electron chi connectivity index (χ4n) is 1.21. The first-order chi connectivity index (χ1) is 8.26. The standard InChI is InChI=1S/C11H18N4O2/c1-3-4-11(16)13-10-6-5-9(14-15-10)12-7-8-17-2/h5-6H,3-4,7-8H2,1-2H3,(H,12,14)(H,13,15,16). The first-order valence-corrected chi connectivity index (χ1v) is 5.62. The van der Waals surface area contributed by atoms with Crippen molar-refractivity contribution in [1.29, 1.82) is 0 Å². The number of ether oxygens (including phenoxy) is 1. The molecule has 6 heteroatoms. The van der Waals surface area contributed by atoms with Crippen LogP contribution in [0.15, 0.2) is 12.1 Å². The molecule has 1 aromatic rings. The van der Waals surface area contributed by atoms with Crippen molar-refractivity contribution in [3.8, 4) is 0 Å². The number of hydrogen-bond acceptors (Lipinski definition) is 5. The van der Waals surface area contributed by atoms with Gasteiger partial charge in [-0.05, 0) is 18.6 Å². The maximum Gasteiger partial charge on any atom is 0.225 e.